The van der Waals surface area contributed by atoms with E-state index in [4.69, 9.17) is 39.4 Å². The van der Waals surface area contributed by atoms with Gasteiger partial charge in [-0.25, -0.2) is 0 Å². The average Bonchev–Trinajstić information content (AvgIpc) is 2.57. The van der Waals surface area contributed by atoms with Crippen molar-refractivity contribution in [1.29, 1.82) is 0 Å². The summed E-state index contributed by atoms with van der Waals surface area (Å²) >= 11 is 15.7. The van der Waals surface area contributed by atoms with Gasteiger partial charge in [0.2, 0.25) is 0 Å². The van der Waals surface area contributed by atoms with Crippen LogP contribution in [0.1, 0.15) is 5.56 Å². The first-order valence-electron chi connectivity index (χ1n) is 8.05. The maximum absolute atomic E-state index is 12.2. The lowest BCUT2D eigenvalue weighted by atomic mass is 10.1. The van der Waals surface area contributed by atoms with E-state index in [1.165, 1.54) is 0 Å². The number of halogens is 2. The Morgan fingerprint density at radius 2 is 1.85 bits per heavy atom. The Bertz CT molecular complexity index is 792. The number of Topliss-reactive ketones (excluding diaryl/α,β-unsaturated/α-hetero) is 1. The Labute approximate surface area is 175 Å². The first-order valence-corrected chi connectivity index (χ1v) is 13.0. The maximum Gasteiger partial charge on any atom is 0.259 e. The molecule has 0 aliphatic heterocycles. The molecule has 1 aromatic carbocycles. The number of carbonyl (C=O) groups excluding carboxylic acids is 2. The predicted molar refractivity (Wildman–Crippen MR) is 117 cm³/mol. The van der Waals surface area contributed by atoms with Crippen molar-refractivity contribution in [2.45, 2.75) is 25.7 Å². The lowest BCUT2D eigenvalue weighted by molar-refractivity contribution is -0.127. The summed E-state index contributed by atoms with van der Waals surface area (Å²) in [6, 6.07) is 5.74. The zero-order valence-electron chi connectivity index (χ0n) is 15.4. The highest BCUT2D eigenvalue weighted by Gasteiger charge is 2.23. The Morgan fingerprint density at radius 1 is 1.22 bits per heavy atom. The van der Waals surface area contributed by atoms with Crippen LogP contribution in [0.5, 0.6) is 0 Å². The van der Waals surface area contributed by atoms with Crippen LogP contribution in [-0.2, 0) is 14.3 Å². The summed E-state index contributed by atoms with van der Waals surface area (Å²) in [6.45, 7) is 7.00. The van der Waals surface area contributed by atoms with E-state index in [0.29, 0.717) is 12.2 Å². The van der Waals surface area contributed by atoms with Gasteiger partial charge in [-0.2, -0.15) is 0 Å². The van der Waals surface area contributed by atoms with Crippen LogP contribution in [0.2, 0.25) is 35.7 Å². The quantitative estimate of drug-likeness (QED) is 0.177. The van der Waals surface area contributed by atoms with Gasteiger partial charge in [0.15, 0.2) is 0 Å². The van der Waals surface area contributed by atoms with E-state index in [0.717, 1.165) is 6.04 Å². The normalized spacial score (nSPS) is 13.3. The van der Waals surface area contributed by atoms with E-state index in [-0.39, 0.29) is 33.9 Å². The fourth-order valence-corrected chi connectivity index (χ4v) is 3.18. The Kier molecular flexibility index (Phi) is 9.03. The molecule has 27 heavy (non-hydrogen) atoms. The number of rotatable bonds is 9. The molecule has 1 aromatic rings. The Hall–Kier alpha value is -1.32. The van der Waals surface area contributed by atoms with E-state index >= 15 is 0 Å². The smallest absolute Gasteiger partial charge is 0.259 e. The molecule has 0 heterocycles. The molecule has 0 bridgehead atoms. The lowest BCUT2D eigenvalue weighted by Crippen LogP contribution is -2.29. The second kappa shape index (κ2) is 10.3. The van der Waals surface area contributed by atoms with Crippen molar-refractivity contribution in [3.8, 4) is 0 Å². The minimum absolute atomic E-state index is 0.0220. The van der Waals surface area contributed by atoms with Crippen molar-refractivity contribution in [2.75, 3.05) is 13.3 Å². The van der Waals surface area contributed by atoms with Gasteiger partial charge in [-0.05, 0) is 12.1 Å². The van der Waals surface area contributed by atoms with Crippen LogP contribution in [0.15, 0.2) is 28.9 Å². The second-order valence-corrected chi connectivity index (χ2v) is 13.7. The molecular weight excluding hydrogens is 425 g/mol. The van der Waals surface area contributed by atoms with Gasteiger partial charge in [-0.3, -0.25) is 14.6 Å². The van der Waals surface area contributed by atoms with Crippen LogP contribution in [0.4, 0.5) is 0 Å². The highest BCUT2D eigenvalue weighted by Crippen LogP contribution is 2.29. The Morgan fingerprint density at radius 3 is 2.41 bits per heavy atom. The minimum Gasteiger partial charge on any atom is -0.396 e. The summed E-state index contributed by atoms with van der Waals surface area (Å²) in [5.74, 6) is -0.981. The van der Waals surface area contributed by atoms with Crippen molar-refractivity contribution >= 4 is 66.2 Å². The van der Waals surface area contributed by atoms with Crippen LogP contribution in [0.3, 0.4) is 0 Å². The van der Waals surface area contributed by atoms with Gasteiger partial charge in [0.25, 0.3) is 10.9 Å². The third-order valence-electron chi connectivity index (χ3n) is 3.51. The monoisotopic (exact) mass is 447 g/mol. The number of nitrogens with two attached hydrogens (primary N) is 2. The van der Waals surface area contributed by atoms with Crippen molar-refractivity contribution < 1.29 is 14.3 Å². The van der Waals surface area contributed by atoms with Crippen molar-refractivity contribution in [1.82, 2.24) is 0 Å². The van der Waals surface area contributed by atoms with Crippen LogP contribution in [0, 0.1) is 0 Å². The van der Waals surface area contributed by atoms with E-state index in [1.54, 1.807) is 18.2 Å². The molecule has 1 rings (SSSR count). The molecule has 0 spiro atoms. The highest BCUT2D eigenvalue weighted by molar-refractivity contribution is 7.99. The molecule has 0 aliphatic rings. The van der Waals surface area contributed by atoms with Crippen LogP contribution < -0.4 is 11.5 Å². The molecule has 0 amide bonds. The first-order chi connectivity index (χ1) is 12.5. The summed E-state index contributed by atoms with van der Waals surface area (Å²) in [5, 5.41) is -0.562. The summed E-state index contributed by atoms with van der Waals surface area (Å²) in [7, 11) is -1.26. The summed E-state index contributed by atoms with van der Waals surface area (Å²) in [4.78, 5) is 27.6. The van der Waals surface area contributed by atoms with Crippen LogP contribution in [-0.4, -0.2) is 38.0 Å². The molecule has 0 aliphatic carbocycles. The van der Waals surface area contributed by atoms with E-state index in [9.17, 15) is 9.59 Å². The summed E-state index contributed by atoms with van der Waals surface area (Å²) in [6.07, 6.45) is 0. The number of carbonyl (C=O) groups is 2. The lowest BCUT2D eigenvalue weighted by Gasteiger charge is -2.15. The number of hydrogen-bond acceptors (Lipinski definition) is 6. The van der Waals surface area contributed by atoms with Crippen LogP contribution >= 0.6 is 35.8 Å². The van der Waals surface area contributed by atoms with Gasteiger partial charge in [-0.1, -0.05) is 67.6 Å². The molecule has 0 radical (unpaired) electrons. The zero-order valence-corrected chi connectivity index (χ0v) is 18.8. The average molecular weight is 448 g/mol. The molecule has 0 saturated carbocycles. The SMILES string of the molecule is C[Si](C)(C)CCOCN=C(C(=O)C(=O)S)C(N)=C(N)c1cccc(Cl)c1Cl. The molecular formula is C17H23Cl2N3O3SSi. The van der Waals surface area contributed by atoms with E-state index in [2.05, 4.69) is 37.3 Å². The predicted octanol–water partition coefficient (Wildman–Crippen LogP) is 3.36. The van der Waals surface area contributed by atoms with Gasteiger partial charge in [-0.15, -0.1) is 0 Å². The van der Waals surface area contributed by atoms with Crippen LogP contribution in [0.25, 0.3) is 5.70 Å². The van der Waals surface area contributed by atoms with Crippen molar-refractivity contribution in [2.24, 2.45) is 16.5 Å². The largest absolute Gasteiger partial charge is 0.396 e. The van der Waals surface area contributed by atoms with Gasteiger partial charge in [0.05, 0.1) is 21.4 Å². The van der Waals surface area contributed by atoms with E-state index in [1.807, 2.05) is 0 Å². The number of allylic oxidation sites excluding steroid dienone is 1. The summed E-state index contributed by atoms with van der Waals surface area (Å²) < 4.78 is 5.44. The molecule has 10 heteroatoms. The fourth-order valence-electron chi connectivity index (χ4n) is 1.92. The molecule has 0 saturated heterocycles. The number of nitrogens with zero attached hydrogens (tertiary/aromatic N) is 1. The molecule has 6 nitrogen and oxygen atoms in total. The second-order valence-electron chi connectivity index (χ2n) is 6.92. The van der Waals surface area contributed by atoms with E-state index < -0.39 is 19.0 Å². The topological polar surface area (TPSA) is 108 Å². The van der Waals surface area contributed by atoms with Crippen molar-refractivity contribution in [3.05, 3.63) is 39.5 Å². The fraction of sp³-hybridized carbons (Fsp3) is 0.353. The third-order valence-corrected chi connectivity index (χ3v) is 6.23. The van der Waals surface area contributed by atoms with Gasteiger partial charge in [0.1, 0.15) is 12.4 Å². The molecule has 0 fully saturated rings. The molecule has 148 valence electrons. The number of aliphatic imine (C=N–C) groups is 1. The third kappa shape index (κ3) is 7.31. The summed E-state index contributed by atoms with van der Waals surface area (Å²) in [5.41, 5.74) is 11.8. The minimum atomic E-state index is -1.26. The Balaban J connectivity index is 3.15. The van der Waals surface area contributed by atoms with Gasteiger partial charge in [0, 0.05) is 20.2 Å². The number of ketones is 1. The van der Waals surface area contributed by atoms with Crippen molar-refractivity contribution in [3.63, 3.8) is 0 Å². The highest BCUT2D eigenvalue weighted by atomic mass is 35.5. The zero-order chi connectivity index (χ0) is 20.8. The molecule has 0 atom stereocenters. The number of thiol groups is 1. The number of hydrogen-bond donors (Lipinski definition) is 3. The number of ether oxygens (including phenoxy) is 1. The maximum atomic E-state index is 12.2. The standard InChI is InChI=1S/C17H23Cl2N3O3SSi/c1-27(2,3)8-7-25-9-22-15(16(23)17(24)26)14(21)13(20)10-5-4-6-11(18)12(10)19/h4-6H,7-9,20-21H2,1-3H3,(H,24,26). The molecule has 0 aromatic heterocycles. The van der Waals surface area contributed by atoms with Gasteiger partial charge < -0.3 is 16.2 Å². The van der Waals surface area contributed by atoms with Gasteiger partial charge >= 0.3 is 0 Å². The molecule has 4 N–H and O–H groups in total. The number of benzene rings is 1. The molecule has 0 unspecified atom stereocenters. The first kappa shape index (κ1) is 23.7.